The highest BCUT2D eigenvalue weighted by atomic mass is 16.5. The number of hydrogen-bond acceptors (Lipinski definition) is 5. The van der Waals surface area contributed by atoms with E-state index < -0.39 is 0 Å². The van der Waals surface area contributed by atoms with E-state index in [9.17, 15) is 0 Å². The molecule has 5 heteroatoms. The van der Waals surface area contributed by atoms with Crippen molar-refractivity contribution < 1.29 is 9.47 Å². The fraction of sp³-hybridized carbons (Fsp3) is 0.375. The lowest BCUT2D eigenvalue weighted by Crippen LogP contribution is -2.01. The highest BCUT2D eigenvalue weighted by Crippen LogP contribution is 2.41. The summed E-state index contributed by atoms with van der Waals surface area (Å²) in [7, 11) is 5.15. The van der Waals surface area contributed by atoms with E-state index >= 15 is 0 Å². The maximum Gasteiger partial charge on any atom is 0.165 e. The largest absolute Gasteiger partial charge is 0.497 e. The zero-order valence-electron chi connectivity index (χ0n) is 12.5. The van der Waals surface area contributed by atoms with Crippen molar-refractivity contribution in [3.05, 3.63) is 30.0 Å². The summed E-state index contributed by atoms with van der Waals surface area (Å²) in [6, 6.07) is 7.70. The summed E-state index contributed by atoms with van der Waals surface area (Å²) in [5.74, 6) is 3.55. The van der Waals surface area contributed by atoms with Crippen LogP contribution in [0.1, 0.15) is 24.5 Å². The molecule has 1 aliphatic carbocycles. The van der Waals surface area contributed by atoms with Gasteiger partial charge in [-0.05, 0) is 25.0 Å². The van der Waals surface area contributed by atoms with Gasteiger partial charge in [0.05, 0.1) is 19.8 Å². The van der Waals surface area contributed by atoms with Crippen LogP contribution >= 0.6 is 0 Å². The summed E-state index contributed by atoms with van der Waals surface area (Å²) in [5.41, 5.74) is 1.97. The topological polar surface area (TPSA) is 56.3 Å². The smallest absolute Gasteiger partial charge is 0.165 e. The number of hydrogen-bond donors (Lipinski definition) is 1. The molecule has 0 amide bonds. The number of benzene rings is 1. The molecule has 5 nitrogen and oxygen atoms in total. The molecule has 1 aromatic carbocycles. The zero-order valence-corrected chi connectivity index (χ0v) is 12.5. The Bertz CT molecular complexity index is 654. The number of methoxy groups -OCH3 is 2. The predicted octanol–water partition coefficient (Wildman–Crippen LogP) is 3.08. The Kier molecular flexibility index (Phi) is 3.64. The molecule has 3 rings (SSSR count). The molecule has 0 unspecified atom stereocenters. The third-order valence-electron chi connectivity index (χ3n) is 3.65. The van der Waals surface area contributed by atoms with E-state index in [2.05, 4.69) is 10.3 Å². The minimum absolute atomic E-state index is 0.572. The van der Waals surface area contributed by atoms with Crippen molar-refractivity contribution in [1.82, 2.24) is 9.97 Å². The minimum atomic E-state index is 0.572. The van der Waals surface area contributed by atoms with Crippen LogP contribution in [-0.4, -0.2) is 31.2 Å². The van der Waals surface area contributed by atoms with Crippen LogP contribution in [0.2, 0.25) is 0 Å². The first-order valence-electron chi connectivity index (χ1n) is 7.04. The summed E-state index contributed by atoms with van der Waals surface area (Å²) < 4.78 is 10.7. The van der Waals surface area contributed by atoms with Crippen LogP contribution in [-0.2, 0) is 0 Å². The quantitative estimate of drug-likeness (QED) is 0.915. The highest BCUT2D eigenvalue weighted by molar-refractivity contribution is 5.67. The zero-order chi connectivity index (χ0) is 14.8. The standard InChI is InChI=1S/C16H19N3O2/c1-17-15-9-13(10-4-5-10)18-16(19-15)12-7-6-11(20-2)8-14(12)21-3/h6-10H,4-5H2,1-3H3,(H,17,18,19). The van der Waals surface area contributed by atoms with Gasteiger partial charge >= 0.3 is 0 Å². The average Bonchev–Trinajstić information content (AvgIpc) is 3.38. The summed E-state index contributed by atoms with van der Waals surface area (Å²) >= 11 is 0. The number of ether oxygens (including phenoxy) is 2. The Morgan fingerprint density at radius 2 is 1.90 bits per heavy atom. The van der Waals surface area contributed by atoms with E-state index in [1.54, 1.807) is 14.2 Å². The van der Waals surface area contributed by atoms with E-state index in [0.29, 0.717) is 17.5 Å². The Morgan fingerprint density at radius 3 is 2.52 bits per heavy atom. The Hall–Kier alpha value is -2.30. The number of nitrogens with zero attached hydrogens (tertiary/aromatic N) is 2. The van der Waals surface area contributed by atoms with Gasteiger partial charge in [0.15, 0.2) is 5.82 Å². The Labute approximate surface area is 124 Å². The van der Waals surface area contributed by atoms with Gasteiger partial charge in [0.25, 0.3) is 0 Å². The molecule has 0 bridgehead atoms. The lowest BCUT2D eigenvalue weighted by molar-refractivity contribution is 0.395. The molecular formula is C16H19N3O2. The van der Waals surface area contributed by atoms with Crippen molar-refractivity contribution in [1.29, 1.82) is 0 Å². The SMILES string of the molecule is CNc1cc(C2CC2)nc(-c2ccc(OC)cc2OC)n1. The molecule has 1 aliphatic rings. The monoisotopic (exact) mass is 285 g/mol. The number of anilines is 1. The third-order valence-corrected chi connectivity index (χ3v) is 3.65. The van der Waals surface area contributed by atoms with Crippen LogP contribution < -0.4 is 14.8 Å². The molecule has 0 aliphatic heterocycles. The molecule has 0 spiro atoms. The van der Waals surface area contributed by atoms with E-state index in [0.717, 1.165) is 22.8 Å². The summed E-state index contributed by atoms with van der Waals surface area (Å²) in [6.45, 7) is 0. The normalized spacial score (nSPS) is 13.9. The predicted molar refractivity (Wildman–Crippen MR) is 82.1 cm³/mol. The van der Waals surface area contributed by atoms with Gasteiger partial charge in [0.2, 0.25) is 0 Å². The van der Waals surface area contributed by atoms with Gasteiger partial charge in [0.1, 0.15) is 17.3 Å². The van der Waals surface area contributed by atoms with Gasteiger partial charge in [-0.1, -0.05) is 0 Å². The maximum absolute atomic E-state index is 5.45. The van der Waals surface area contributed by atoms with Crippen molar-refractivity contribution in [2.24, 2.45) is 0 Å². The van der Waals surface area contributed by atoms with Crippen molar-refractivity contribution >= 4 is 5.82 Å². The summed E-state index contributed by atoms with van der Waals surface area (Å²) in [4.78, 5) is 9.26. The first-order chi connectivity index (χ1) is 10.2. The van der Waals surface area contributed by atoms with Crippen molar-refractivity contribution in [2.45, 2.75) is 18.8 Å². The van der Waals surface area contributed by atoms with E-state index in [1.165, 1.54) is 12.8 Å². The maximum atomic E-state index is 5.45. The second-order valence-electron chi connectivity index (χ2n) is 5.09. The molecule has 1 saturated carbocycles. The van der Waals surface area contributed by atoms with Gasteiger partial charge in [0, 0.05) is 30.8 Å². The lowest BCUT2D eigenvalue weighted by Gasteiger charge is -2.11. The van der Waals surface area contributed by atoms with Crippen LogP contribution in [0.3, 0.4) is 0 Å². The summed E-state index contributed by atoms with van der Waals surface area (Å²) in [5, 5.41) is 3.10. The van der Waals surface area contributed by atoms with Crippen LogP contribution in [0.25, 0.3) is 11.4 Å². The van der Waals surface area contributed by atoms with Gasteiger partial charge in [-0.2, -0.15) is 0 Å². The molecule has 0 saturated heterocycles. The third kappa shape index (κ3) is 2.77. The van der Waals surface area contributed by atoms with Crippen molar-refractivity contribution in [3.63, 3.8) is 0 Å². The number of nitrogens with one attached hydrogen (secondary N) is 1. The van der Waals surface area contributed by atoms with E-state index in [1.807, 2.05) is 31.3 Å². The molecule has 1 heterocycles. The molecular weight excluding hydrogens is 266 g/mol. The summed E-state index contributed by atoms with van der Waals surface area (Å²) in [6.07, 6.45) is 2.42. The number of rotatable bonds is 5. The Balaban J connectivity index is 2.08. The lowest BCUT2D eigenvalue weighted by atomic mass is 10.1. The fourth-order valence-corrected chi connectivity index (χ4v) is 2.29. The van der Waals surface area contributed by atoms with Gasteiger partial charge in [-0.25, -0.2) is 9.97 Å². The van der Waals surface area contributed by atoms with Crippen molar-refractivity contribution in [3.8, 4) is 22.9 Å². The van der Waals surface area contributed by atoms with E-state index in [4.69, 9.17) is 14.5 Å². The van der Waals surface area contributed by atoms with Crippen LogP contribution in [0.15, 0.2) is 24.3 Å². The van der Waals surface area contributed by atoms with Crippen LogP contribution in [0.4, 0.5) is 5.82 Å². The molecule has 1 N–H and O–H groups in total. The first-order valence-corrected chi connectivity index (χ1v) is 7.04. The molecule has 21 heavy (non-hydrogen) atoms. The Morgan fingerprint density at radius 1 is 1.10 bits per heavy atom. The molecule has 110 valence electrons. The van der Waals surface area contributed by atoms with E-state index in [-0.39, 0.29) is 0 Å². The van der Waals surface area contributed by atoms with Crippen LogP contribution in [0, 0.1) is 0 Å². The molecule has 0 atom stereocenters. The average molecular weight is 285 g/mol. The molecule has 1 fully saturated rings. The highest BCUT2D eigenvalue weighted by Gasteiger charge is 2.26. The van der Waals surface area contributed by atoms with Gasteiger partial charge in [-0.15, -0.1) is 0 Å². The molecule has 0 radical (unpaired) electrons. The van der Waals surface area contributed by atoms with Crippen LogP contribution in [0.5, 0.6) is 11.5 Å². The second-order valence-corrected chi connectivity index (χ2v) is 5.09. The second kappa shape index (κ2) is 5.60. The van der Waals surface area contributed by atoms with Crippen molar-refractivity contribution in [2.75, 3.05) is 26.6 Å². The molecule has 1 aromatic heterocycles. The van der Waals surface area contributed by atoms with Gasteiger partial charge < -0.3 is 14.8 Å². The number of aromatic nitrogens is 2. The minimum Gasteiger partial charge on any atom is -0.497 e. The first kappa shape index (κ1) is 13.7. The molecule has 2 aromatic rings. The van der Waals surface area contributed by atoms with Gasteiger partial charge in [-0.3, -0.25) is 0 Å². The fourth-order valence-electron chi connectivity index (χ4n) is 2.29.